The third-order valence-corrected chi connectivity index (χ3v) is 7.73. The molecular weight excluding hydrogens is 564 g/mol. The normalized spacial score (nSPS) is 16.6. The van der Waals surface area contributed by atoms with Gasteiger partial charge in [-0.05, 0) is 57.7 Å². The Balaban J connectivity index is 1.84. The summed E-state index contributed by atoms with van der Waals surface area (Å²) in [6.45, 7) is 4.70. The highest BCUT2D eigenvalue weighted by molar-refractivity contribution is 6.05. The van der Waals surface area contributed by atoms with Crippen molar-refractivity contribution in [1.29, 1.82) is 0 Å². The average molecular weight is 601 g/mol. The van der Waals surface area contributed by atoms with E-state index >= 15 is 0 Å². The first-order valence-electron chi connectivity index (χ1n) is 14.3. The van der Waals surface area contributed by atoms with Gasteiger partial charge in [0.15, 0.2) is 0 Å². The summed E-state index contributed by atoms with van der Waals surface area (Å²) in [5.74, 6) is -4.84. The second kappa shape index (κ2) is 13.1. The third-order valence-electron chi connectivity index (χ3n) is 7.73. The molecular formula is C29H36N4O10. The number of nitrogens with two attached hydrogens (primary N) is 1. The highest BCUT2D eigenvalue weighted by atomic mass is 16.6. The van der Waals surface area contributed by atoms with Gasteiger partial charge in [0.25, 0.3) is 5.91 Å². The van der Waals surface area contributed by atoms with Crippen LogP contribution in [-0.2, 0) is 19.1 Å². The lowest BCUT2D eigenvalue weighted by Crippen LogP contribution is -2.52. The van der Waals surface area contributed by atoms with Crippen LogP contribution in [-0.4, -0.2) is 99.8 Å². The maximum Gasteiger partial charge on any atom is 0.409 e. The van der Waals surface area contributed by atoms with Crippen LogP contribution in [0.15, 0.2) is 18.2 Å². The molecule has 14 nitrogen and oxygen atoms in total. The van der Waals surface area contributed by atoms with Crippen LogP contribution in [0.25, 0.3) is 10.9 Å². The summed E-state index contributed by atoms with van der Waals surface area (Å²) in [5.41, 5.74) is 4.15. The predicted octanol–water partition coefficient (Wildman–Crippen LogP) is 2.37. The Morgan fingerprint density at radius 1 is 1.02 bits per heavy atom. The van der Waals surface area contributed by atoms with Crippen LogP contribution in [0.5, 0.6) is 11.5 Å². The number of rotatable bonds is 12. The molecule has 3 amide bonds. The number of fused-ring (bicyclic) bond motifs is 1. The Morgan fingerprint density at radius 2 is 1.70 bits per heavy atom. The van der Waals surface area contributed by atoms with Gasteiger partial charge in [-0.25, -0.2) is 9.59 Å². The number of carbonyl (C=O) groups excluding carboxylic acids is 3. The quantitative estimate of drug-likeness (QED) is 0.323. The number of hydrogen-bond acceptors (Lipinski definition) is 9. The highest BCUT2D eigenvalue weighted by Crippen LogP contribution is 2.43. The number of aromatic nitrogens is 1. The SMILES string of the molecule is CCOC(=O)N1CCN(C(=O)C(CCC(=O)O)c2nc3ccc(OCC)cc3c(OC3(C(=O)O)CCC3)c2C(N)=O)CC1. The van der Waals surface area contributed by atoms with E-state index < -0.39 is 47.8 Å². The number of piperazine rings is 1. The Labute approximate surface area is 247 Å². The number of carbonyl (C=O) groups is 5. The monoisotopic (exact) mass is 600 g/mol. The number of hydrogen-bond donors (Lipinski definition) is 3. The lowest BCUT2D eigenvalue weighted by molar-refractivity contribution is -0.163. The summed E-state index contributed by atoms with van der Waals surface area (Å²) in [6.07, 6.45) is -0.161. The van der Waals surface area contributed by atoms with E-state index in [9.17, 15) is 34.2 Å². The van der Waals surface area contributed by atoms with Crippen LogP contribution in [0, 0.1) is 0 Å². The predicted molar refractivity (Wildman–Crippen MR) is 151 cm³/mol. The third kappa shape index (κ3) is 6.57. The van der Waals surface area contributed by atoms with Gasteiger partial charge in [0, 0.05) is 38.0 Å². The molecule has 1 aromatic heterocycles. The van der Waals surface area contributed by atoms with E-state index in [0.29, 0.717) is 18.8 Å². The minimum atomic E-state index is -1.61. The van der Waals surface area contributed by atoms with E-state index in [0.717, 1.165) is 0 Å². The van der Waals surface area contributed by atoms with Crippen molar-refractivity contribution >= 4 is 40.7 Å². The Bertz CT molecular complexity index is 1420. The van der Waals surface area contributed by atoms with E-state index in [4.69, 9.17) is 19.9 Å². The Hall–Kier alpha value is -4.62. The first-order valence-corrected chi connectivity index (χ1v) is 14.3. The van der Waals surface area contributed by atoms with Crippen molar-refractivity contribution in [2.24, 2.45) is 5.73 Å². The molecule has 2 aliphatic rings. The zero-order valence-electron chi connectivity index (χ0n) is 24.2. The van der Waals surface area contributed by atoms with Crippen molar-refractivity contribution < 1.29 is 48.4 Å². The molecule has 1 atom stereocenters. The fraction of sp³-hybridized carbons (Fsp3) is 0.517. The van der Waals surface area contributed by atoms with Gasteiger partial charge in [0.2, 0.25) is 11.5 Å². The molecule has 2 fully saturated rings. The lowest BCUT2D eigenvalue weighted by Gasteiger charge is -2.39. The van der Waals surface area contributed by atoms with Gasteiger partial charge in [0.1, 0.15) is 17.1 Å². The number of amides is 3. The molecule has 4 rings (SSSR count). The fourth-order valence-corrected chi connectivity index (χ4v) is 5.33. The summed E-state index contributed by atoms with van der Waals surface area (Å²) in [7, 11) is 0. The molecule has 1 unspecified atom stereocenters. The summed E-state index contributed by atoms with van der Waals surface area (Å²) >= 11 is 0. The molecule has 232 valence electrons. The Morgan fingerprint density at radius 3 is 2.23 bits per heavy atom. The molecule has 0 bridgehead atoms. The van der Waals surface area contributed by atoms with Gasteiger partial charge in [0.05, 0.1) is 30.3 Å². The molecule has 1 saturated carbocycles. The number of carboxylic acid groups (broad SMARTS) is 2. The number of pyridine rings is 1. The van der Waals surface area contributed by atoms with Gasteiger partial charge in [-0.3, -0.25) is 19.4 Å². The van der Waals surface area contributed by atoms with E-state index in [1.165, 1.54) is 9.80 Å². The van der Waals surface area contributed by atoms with E-state index in [1.807, 2.05) is 0 Å². The number of ether oxygens (including phenoxy) is 3. The van der Waals surface area contributed by atoms with Crippen LogP contribution in [0.2, 0.25) is 0 Å². The fourth-order valence-electron chi connectivity index (χ4n) is 5.33. The van der Waals surface area contributed by atoms with Crippen LogP contribution >= 0.6 is 0 Å². The molecule has 2 heterocycles. The largest absolute Gasteiger partial charge is 0.494 e. The Kier molecular flexibility index (Phi) is 9.56. The van der Waals surface area contributed by atoms with Gasteiger partial charge >= 0.3 is 18.0 Å². The van der Waals surface area contributed by atoms with Crippen molar-refractivity contribution in [3.05, 3.63) is 29.5 Å². The second-order valence-electron chi connectivity index (χ2n) is 10.4. The summed E-state index contributed by atoms with van der Waals surface area (Å²) in [6, 6.07) is 4.79. The number of benzene rings is 1. The van der Waals surface area contributed by atoms with Gasteiger partial charge in [-0.1, -0.05) is 0 Å². The molecule has 1 saturated heterocycles. The standard InChI is InChI=1S/C29H36N4O10/c1-3-41-17-6-8-20-19(16-17)24(43-29(27(38)39)10-5-11-29)22(25(30)36)23(31-20)18(7-9-21(34)35)26(37)32-12-14-33(15-13-32)28(40)42-4-2/h6,8,16,18H,3-5,7,9-15H2,1-2H3,(H2,30,36)(H,34,35)(H,38,39). The van der Waals surface area contributed by atoms with E-state index in [1.54, 1.807) is 32.0 Å². The molecule has 1 aliphatic carbocycles. The second-order valence-corrected chi connectivity index (χ2v) is 10.4. The van der Waals surface area contributed by atoms with Crippen molar-refractivity contribution in [2.75, 3.05) is 39.4 Å². The number of primary amides is 1. The number of carboxylic acids is 2. The molecule has 0 spiro atoms. The maximum atomic E-state index is 14.0. The molecule has 43 heavy (non-hydrogen) atoms. The van der Waals surface area contributed by atoms with Gasteiger partial charge in [-0.2, -0.15) is 0 Å². The van der Waals surface area contributed by atoms with E-state index in [2.05, 4.69) is 4.98 Å². The van der Waals surface area contributed by atoms with Gasteiger partial charge < -0.3 is 40.0 Å². The zero-order chi connectivity index (χ0) is 31.3. The van der Waals surface area contributed by atoms with Crippen molar-refractivity contribution in [2.45, 2.75) is 57.5 Å². The summed E-state index contributed by atoms with van der Waals surface area (Å²) in [5, 5.41) is 19.8. The van der Waals surface area contributed by atoms with Crippen LogP contribution in [0.3, 0.4) is 0 Å². The number of aliphatic carboxylic acids is 2. The first-order chi connectivity index (χ1) is 20.5. The summed E-state index contributed by atoms with van der Waals surface area (Å²) in [4.78, 5) is 70.7. The topological polar surface area (TPSA) is 199 Å². The van der Waals surface area contributed by atoms with Crippen molar-refractivity contribution in [3.63, 3.8) is 0 Å². The van der Waals surface area contributed by atoms with Gasteiger partial charge in [-0.15, -0.1) is 0 Å². The van der Waals surface area contributed by atoms with Crippen LogP contribution in [0.4, 0.5) is 4.79 Å². The minimum Gasteiger partial charge on any atom is -0.494 e. The summed E-state index contributed by atoms with van der Waals surface area (Å²) < 4.78 is 16.8. The molecule has 0 radical (unpaired) electrons. The zero-order valence-corrected chi connectivity index (χ0v) is 24.2. The first kappa shape index (κ1) is 31.3. The maximum absolute atomic E-state index is 14.0. The van der Waals surface area contributed by atoms with E-state index in [-0.39, 0.29) is 80.0 Å². The van der Waals surface area contributed by atoms with Crippen LogP contribution in [0.1, 0.15) is 67.9 Å². The van der Waals surface area contributed by atoms with Crippen LogP contribution < -0.4 is 15.2 Å². The highest BCUT2D eigenvalue weighted by Gasteiger charge is 2.48. The molecule has 1 aromatic carbocycles. The number of nitrogens with zero attached hydrogens (tertiary/aromatic N) is 3. The lowest BCUT2D eigenvalue weighted by atomic mass is 9.80. The minimum absolute atomic E-state index is 0.0990. The molecule has 4 N–H and O–H groups in total. The smallest absolute Gasteiger partial charge is 0.409 e. The molecule has 2 aromatic rings. The van der Waals surface area contributed by atoms with Crippen molar-refractivity contribution in [1.82, 2.24) is 14.8 Å². The molecule has 1 aliphatic heterocycles. The van der Waals surface area contributed by atoms with Crippen molar-refractivity contribution in [3.8, 4) is 11.5 Å². The average Bonchev–Trinajstić information content (AvgIpc) is 2.94. The molecule has 14 heteroatoms.